The first-order valence-corrected chi connectivity index (χ1v) is 38.6. The van der Waals surface area contributed by atoms with Crippen molar-refractivity contribution in [2.45, 2.75) is 238 Å². The number of aliphatic hydroxyl groups is 8. The van der Waals surface area contributed by atoms with Crippen LogP contribution < -0.4 is 53.7 Å². The van der Waals surface area contributed by atoms with Gasteiger partial charge >= 0.3 is 11.3 Å². The van der Waals surface area contributed by atoms with E-state index >= 15 is 0 Å². The molecule has 2 aromatic carbocycles. The molecule has 0 bridgehead atoms. The molecular formula is C78H131N5O31. The summed E-state index contributed by atoms with van der Waals surface area (Å²) in [5, 5.41) is 103. The zero-order valence-corrected chi connectivity index (χ0v) is 68.3. The molecule has 0 saturated carbocycles. The van der Waals surface area contributed by atoms with E-state index < -0.39 is 165 Å². The van der Waals surface area contributed by atoms with Crippen molar-refractivity contribution in [3.05, 3.63) is 88.4 Å². The first-order valence-electron chi connectivity index (χ1n) is 38.6. The predicted octanol–water partition coefficient (Wildman–Crippen LogP) is 1.82. The summed E-state index contributed by atoms with van der Waals surface area (Å²) in [6, 6.07) is 14.8. The average Bonchev–Trinajstić information content (AvgIpc) is 0.780. The number of nitrogens with two attached hydrogens (primary N) is 1. The Balaban J connectivity index is 0.000000830. The Morgan fingerprint density at radius 2 is 0.842 bits per heavy atom. The molecule has 654 valence electrons. The number of carboxylic acid groups (broad SMARTS) is 1. The number of hydrogen-bond acceptors (Lipinski definition) is 33. The summed E-state index contributed by atoms with van der Waals surface area (Å²) in [7, 11) is 2.38. The molecule has 36 heteroatoms. The number of carbonyl (C=O) groups excluding carboxylic acids is 4. The fourth-order valence-corrected chi connectivity index (χ4v) is 10.5. The van der Waals surface area contributed by atoms with E-state index in [-0.39, 0.29) is 51.4 Å². The number of amides is 3. The minimum absolute atomic E-state index is 0. The standard InChI is InChI=1S/C31H44N2O15.C16H27NO11.C15H19NO5.3C4H10.C4H9.H3N/c1-16-23(33-17(2)35)30(46-21(15-34)24(16)37)47-27-25(38)26(39)31(41-3)48-28(27)29(40)32-8-9-42-10-11-43-12-13-44-19-6-4-18-5-7-22(36)45-20(18)14-19;1-5-8(17-6(2)19)15(26-7(4-18)9(5)20)27-12-10(21)11(22)16(25-3)28-13(12)14(23)24;16-5-6-18-7-8-19-9-10-20-13-3-1-12-2-4-15(17)21-14(12)11-13;4*1-3-4-2;/h4-7,14,16,21,23-28,30-31,34,37-39H,8-13,15H2,1-3H3,(H,32,40)(H,33,35);5,7-13,15-16,18,20-22H,4H2,1-3H3,(H,17,19)(H,23,24);1-4,11H,5-10,16H2;3*3-4H2,1-2H3;1,3-4H2,2H3;1H3/q;;;;;;+1;/p-1/t16-,21?,23?,24?,25?,26?,27+,28?,30+,31?;5-,7?,8?,9?,10?,11?,12+,13?,15+,16?;;;;;;/m11....../s1. The molecule has 4 aliphatic rings. The van der Waals surface area contributed by atoms with Crippen molar-refractivity contribution in [1.82, 2.24) is 22.1 Å². The minimum atomic E-state index is -1.82. The highest BCUT2D eigenvalue weighted by Crippen LogP contribution is 2.34. The molecular weight excluding hydrogens is 1500 g/mol. The Hall–Kier alpha value is -6.67. The fraction of sp³-hybridized carbons (Fsp3) is 0.705. The van der Waals surface area contributed by atoms with E-state index in [4.69, 9.17) is 80.9 Å². The normalized spacial score (nSPS) is 26.8. The van der Waals surface area contributed by atoms with Crippen LogP contribution in [0, 0.1) is 18.8 Å². The van der Waals surface area contributed by atoms with Gasteiger partial charge in [0.2, 0.25) is 11.8 Å². The molecule has 0 aliphatic carbocycles. The number of aliphatic carboxylic acids is 1. The molecule has 4 saturated heterocycles. The molecule has 6 heterocycles. The van der Waals surface area contributed by atoms with Crippen LogP contribution in [0.15, 0.2) is 79.1 Å². The third-order valence-corrected chi connectivity index (χ3v) is 17.5. The van der Waals surface area contributed by atoms with Gasteiger partial charge in [0.1, 0.15) is 90.8 Å². The molecule has 8 rings (SSSR count). The molecule has 3 amide bonds. The number of hydrogen-bond donors (Lipinski definition) is 13. The average molecular weight is 1630 g/mol. The molecule has 36 nitrogen and oxygen atoms in total. The van der Waals surface area contributed by atoms with Crippen LogP contribution in [0.1, 0.15) is 128 Å². The Morgan fingerprint density at radius 1 is 0.491 bits per heavy atom. The van der Waals surface area contributed by atoms with Gasteiger partial charge in [-0.25, -0.2) is 9.59 Å². The van der Waals surface area contributed by atoms with Crippen LogP contribution in [0.25, 0.3) is 21.9 Å². The third-order valence-electron chi connectivity index (χ3n) is 17.5. The Morgan fingerprint density at radius 3 is 1.18 bits per heavy atom. The van der Waals surface area contributed by atoms with Gasteiger partial charge in [-0.3, -0.25) is 14.4 Å². The largest absolute Gasteiger partial charge is 0.547 e. The number of benzene rings is 2. The maximum Gasteiger partial charge on any atom is 0.336 e. The summed E-state index contributed by atoms with van der Waals surface area (Å²) in [6.07, 6.45) is -12.9. The SMILES string of the molecule is CCCC.CCCC.CCCC.COC1OC(C(=O)NCCOCCOCCOc2ccc3ccc(=O)oc3c2)[C@@H](O[C@@H]2OC(CO)C(O)[C@H](C)C2NC(C)=O)C(O)C1O.COC1OC(C(=O)[O-])[C@@H](O[C@@H]2OC(CO)C(O)[C@H](C)C2NC(C)=O)C(O)C1O.N.NCCOCCOCCOc1ccc2ccc(=O)oc2c1.[CH2+]CCC. The van der Waals surface area contributed by atoms with Crippen LogP contribution >= 0.6 is 0 Å². The quantitative estimate of drug-likeness (QED) is 0.0177. The van der Waals surface area contributed by atoms with E-state index in [1.165, 1.54) is 78.0 Å². The smallest absolute Gasteiger partial charge is 0.336 e. The predicted molar refractivity (Wildman–Crippen MR) is 415 cm³/mol. The maximum atomic E-state index is 13.2. The van der Waals surface area contributed by atoms with Gasteiger partial charge in [-0.2, -0.15) is 0 Å². The van der Waals surface area contributed by atoms with Gasteiger partial charge < -0.3 is 154 Å². The van der Waals surface area contributed by atoms with Crippen molar-refractivity contribution in [3.8, 4) is 11.5 Å². The highest BCUT2D eigenvalue weighted by Gasteiger charge is 2.54. The summed E-state index contributed by atoms with van der Waals surface area (Å²) in [6.45, 7) is 27.5. The van der Waals surface area contributed by atoms with Crippen molar-refractivity contribution in [3.63, 3.8) is 0 Å². The van der Waals surface area contributed by atoms with Crippen molar-refractivity contribution in [1.29, 1.82) is 0 Å². The molecule has 4 aromatic rings. The van der Waals surface area contributed by atoms with Gasteiger partial charge in [0.15, 0.2) is 31.3 Å². The molecule has 0 radical (unpaired) electrons. The van der Waals surface area contributed by atoms with E-state index in [9.17, 15) is 74.7 Å². The summed E-state index contributed by atoms with van der Waals surface area (Å²) < 4.78 is 86.2. The second kappa shape index (κ2) is 59.9. The zero-order valence-electron chi connectivity index (χ0n) is 68.3. The van der Waals surface area contributed by atoms with Gasteiger partial charge in [0, 0.05) is 88.0 Å². The molecule has 0 spiro atoms. The zero-order chi connectivity index (χ0) is 84.5. The second-order valence-corrected chi connectivity index (χ2v) is 26.4. The van der Waals surface area contributed by atoms with Gasteiger partial charge in [-0.05, 0) is 42.8 Å². The van der Waals surface area contributed by atoms with Crippen molar-refractivity contribution in [2.75, 3.05) is 107 Å². The maximum absolute atomic E-state index is 13.2. The minimum Gasteiger partial charge on any atom is -0.547 e. The second-order valence-electron chi connectivity index (χ2n) is 26.4. The monoisotopic (exact) mass is 1630 g/mol. The van der Waals surface area contributed by atoms with Crippen LogP contribution in [0.2, 0.25) is 0 Å². The molecule has 20 atom stereocenters. The number of rotatable bonds is 35. The van der Waals surface area contributed by atoms with Crippen molar-refractivity contribution >= 4 is 45.6 Å². The number of carbonyl (C=O) groups is 4. The van der Waals surface area contributed by atoms with E-state index in [0.29, 0.717) is 62.2 Å². The molecule has 4 aliphatic heterocycles. The Kier molecular flexibility index (Phi) is 55.4. The first kappa shape index (κ1) is 105. The summed E-state index contributed by atoms with van der Waals surface area (Å²) >= 11 is 0. The lowest BCUT2D eigenvalue weighted by Crippen LogP contribution is -2.67. The van der Waals surface area contributed by atoms with Crippen molar-refractivity contribution in [2.24, 2.45) is 17.6 Å². The highest BCUT2D eigenvalue weighted by atomic mass is 16.7. The number of methoxy groups -OCH3 is 2. The van der Waals surface area contributed by atoms with Gasteiger partial charge in [-0.15, -0.1) is 0 Å². The van der Waals surface area contributed by atoms with Crippen LogP contribution in [0.3, 0.4) is 0 Å². The number of carboxylic acids is 1. The third kappa shape index (κ3) is 36.9. The Bertz CT molecular complexity index is 3320. The molecule has 16 N–H and O–H groups in total. The fourth-order valence-electron chi connectivity index (χ4n) is 10.5. The van der Waals surface area contributed by atoms with Gasteiger partial charge in [0.05, 0.1) is 110 Å². The molecule has 114 heavy (non-hydrogen) atoms. The number of nitrogens with one attached hydrogen (secondary N) is 3. The summed E-state index contributed by atoms with van der Waals surface area (Å²) in [5.74, 6) is -3.50. The number of ether oxygens (including phenoxy) is 14. The van der Waals surface area contributed by atoms with E-state index in [2.05, 4.69) is 71.3 Å². The van der Waals surface area contributed by atoms with Crippen LogP contribution in [0.4, 0.5) is 0 Å². The number of aliphatic hydroxyl groups excluding tert-OH is 8. The van der Waals surface area contributed by atoms with E-state index in [1.807, 2.05) is 12.1 Å². The lowest BCUT2D eigenvalue weighted by Gasteiger charge is -2.47. The van der Waals surface area contributed by atoms with Gasteiger partial charge in [-0.1, -0.05) is 101 Å². The summed E-state index contributed by atoms with van der Waals surface area (Å²) in [4.78, 5) is 70.7. The molecule has 14 unspecified atom stereocenters. The van der Waals surface area contributed by atoms with E-state index in [0.717, 1.165) is 24.3 Å². The molecule has 4 fully saturated rings. The summed E-state index contributed by atoms with van der Waals surface area (Å²) in [5.41, 5.74) is 5.40. The van der Waals surface area contributed by atoms with Crippen molar-refractivity contribution < 1.29 is 140 Å². The molecule has 2 aromatic heterocycles. The Labute approximate surface area is 667 Å². The van der Waals surface area contributed by atoms with Crippen LogP contribution in [0.5, 0.6) is 11.5 Å². The van der Waals surface area contributed by atoms with E-state index in [1.54, 1.807) is 50.2 Å². The lowest BCUT2D eigenvalue weighted by molar-refractivity contribution is -0.365. The van der Waals surface area contributed by atoms with Crippen LogP contribution in [-0.2, 0) is 76.0 Å². The van der Waals surface area contributed by atoms with Gasteiger partial charge in [0.25, 0.3) is 5.91 Å². The lowest BCUT2D eigenvalue weighted by atomic mass is 9.88. The number of fused-ring (bicyclic) bond motifs is 2. The number of unbranched alkanes of at least 4 members (excludes halogenated alkanes) is 4. The topological polar surface area (TPSA) is 540 Å². The highest BCUT2D eigenvalue weighted by molar-refractivity contribution is 5.82. The van der Waals surface area contributed by atoms with Crippen LogP contribution in [-0.4, -0.2) is 282 Å². The first-order chi connectivity index (χ1) is 54.1.